The maximum Gasteiger partial charge on any atom is 0.285 e. The zero-order valence-corrected chi connectivity index (χ0v) is 9.58. The number of halogens is 1. The topological polar surface area (TPSA) is 74.1 Å². The lowest BCUT2D eigenvalue weighted by molar-refractivity contribution is 0.0973. The minimum absolute atomic E-state index is 0.100. The smallest absolute Gasteiger partial charge is 0.285 e. The zero-order chi connectivity index (χ0) is 11.9. The van der Waals surface area contributed by atoms with E-state index in [4.69, 9.17) is 21.8 Å². The van der Waals surface area contributed by atoms with Crippen LogP contribution in [0.2, 0.25) is 5.02 Å². The van der Waals surface area contributed by atoms with Gasteiger partial charge in [-0.3, -0.25) is 9.48 Å². The van der Waals surface area contributed by atoms with Crippen LogP contribution in [0.25, 0.3) is 11.3 Å². The second-order valence-electron chi connectivity index (χ2n) is 3.43. The number of hydrogen-bond acceptors (Lipinski definition) is 3. The first kappa shape index (κ1) is 10.8. The van der Waals surface area contributed by atoms with E-state index in [0.717, 1.165) is 0 Å². The molecule has 2 N–H and O–H groups in total. The summed E-state index contributed by atoms with van der Waals surface area (Å²) in [6.07, 6.45) is 1.50. The fourth-order valence-corrected chi connectivity index (χ4v) is 1.85. The van der Waals surface area contributed by atoms with Crippen molar-refractivity contribution in [3.8, 4) is 11.3 Å². The van der Waals surface area contributed by atoms with Crippen LogP contribution < -0.4 is 5.73 Å². The van der Waals surface area contributed by atoms with Crippen LogP contribution in [0.3, 0.4) is 0 Å². The Labute approximate surface area is 96.8 Å². The van der Waals surface area contributed by atoms with E-state index in [1.165, 1.54) is 6.20 Å². The molecule has 0 aliphatic carbocycles. The van der Waals surface area contributed by atoms with Gasteiger partial charge in [0.25, 0.3) is 5.91 Å². The molecule has 5 nitrogen and oxygen atoms in total. The van der Waals surface area contributed by atoms with Crippen LogP contribution in [0.1, 0.15) is 16.3 Å². The number of nitrogens with two attached hydrogens (primary N) is 1. The summed E-state index contributed by atoms with van der Waals surface area (Å²) in [5.74, 6) is 0.0735. The Morgan fingerprint density at radius 2 is 2.31 bits per heavy atom. The highest BCUT2D eigenvalue weighted by atomic mass is 35.5. The van der Waals surface area contributed by atoms with Crippen molar-refractivity contribution in [3.05, 3.63) is 28.8 Å². The van der Waals surface area contributed by atoms with Crippen LogP contribution in [-0.4, -0.2) is 15.7 Å². The molecule has 0 unspecified atom stereocenters. The van der Waals surface area contributed by atoms with Gasteiger partial charge < -0.3 is 10.2 Å². The normalized spacial score (nSPS) is 10.7. The summed E-state index contributed by atoms with van der Waals surface area (Å²) in [4.78, 5) is 11.2. The van der Waals surface area contributed by atoms with Gasteiger partial charge >= 0.3 is 0 Å². The largest absolute Gasteiger partial charge is 0.455 e. The van der Waals surface area contributed by atoms with Gasteiger partial charge in [0.2, 0.25) is 5.76 Å². The van der Waals surface area contributed by atoms with Crippen LogP contribution >= 0.6 is 11.6 Å². The minimum atomic E-state index is -0.625. The molecule has 84 valence electrons. The number of rotatable bonds is 2. The van der Waals surface area contributed by atoms with Gasteiger partial charge in [-0.2, -0.15) is 5.10 Å². The quantitative estimate of drug-likeness (QED) is 0.868. The molecule has 0 fully saturated rings. The molecule has 0 aromatic carbocycles. The van der Waals surface area contributed by atoms with Crippen LogP contribution in [-0.2, 0) is 7.05 Å². The molecule has 1 amide bonds. The third-order valence-corrected chi connectivity index (χ3v) is 2.50. The zero-order valence-electron chi connectivity index (χ0n) is 8.82. The number of carbonyl (C=O) groups excluding carboxylic acids is 1. The maximum absolute atomic E-state index is 11.2. The van der Waals surface area contributed by atoms with E-state index in [1.807, 2.05) is 0 Å². The van der Waals surface area contributed by atoms with Crippen LogP contribution in [0.4, 0.5) is 0 Å². The number of furan rings is 1. The average molecular weight is 240 g/mol. The van der Waals surface area contributed by atoms with E-state index in [9.17, 15) is 4.79 Å². The second-order valence-corrected chi connectivity index (χ2v) is 3.84. The molecule has 0 saturated carbocycles. The average Bonchev–Trinajstić information content (AvgIpc) is 2.70. The molecule has 2 rings (SSSR count). The van der Waals surface area contributed by atoms with Gasteiger partial charge in [0.1, 0.15) is 5.76 Å². The number of primary amides is 1. The number of carbonyl (C=O) groups is 1. The van der Waals surface area contributed by atoms with Crippen molar-refractivity contribution in [1.29, 1.82) is 0 Å². The highest BCUT2D eigenvalue weighted by molar-refractivity contribution is 6.33. The van der Waals surface area contributed by atoms with E-state index < -0.39 is 5.91 Å². The summed E-state index contributed by atoms with van der Waals surface area (Å²) in [5.41, 5.74) is 6.41. The first-order valence-electron chi connectivity index (χ1n) is 4.59. The van der Waals surface area contributed by atoms with Gasteiger partial charge in [0.15, 0.2) is 0 Å². The lowest BCUT2D eigenvalue weighted by Crippen LogP contribution is -2.11. The van der Waals surface area contributed by atoms with Crippen LogP contribution in [0, 0.1) is 6.92 Å². The predicted octanol–water partition coefficient (Wildman–Crippen LogP) is 1.74. The Bertz CT molecular complexity index is 537. The molecule has 6 heteroatoms. The fourth-order valence-electron chi connectivity index (χ4n) is 1.59. The molecule has 0 aliphatic rings. The molecular formula is C10H10ClN3O2. The van der Waals surface area contributed by atoms with Crippen molar-refractivity contribution in [1.82, 2.24) is 9.78 Å². The summed E-state index contributed by atoms with van der Waals surface area (Å²) in [5, 5.41) is 4.44. The summed E-state index contributed by atoms with van der Waals surface area (Å²) in [6, 6.07) is 1.71. The first-order chi connectivity index (χ1) is 7.50. The molecule has 2 aromatic rings. The number of hydrogen-bond donors (Lipinski definition) is 1. The van der Waals surface area contributed by atoms with E-state index in [2.05, 4.69) is 5.10 Å². The van der Waals surface area contributed by atoms with E-state index in [1.54, 1.807) is 24.7 Å². The number of aryl methyl sites for hydroxylation is 2. The third-order valence-electron chi connectivity index (χ3n) is 2.23. The summed E-state index contributed by atoms with van der Waals surface area (Å²) >= 11 is 5.99. The molecule has 2 heterocycles. The van der Waals surface area contributed by atoms with Gasteiger partial charge in [-0.15, -0.1) is 0 Å². The van der Waals surface area contributed by atoms with Gasteiger partial charge in [-0.1, -0.05) is 11.6 Å². The first-order valence-corrected chi connectivity index (χ1v) is 4.96. The summed E-state index contributed by atoms with van der Waals surface area (Å²) in [6.45, 7) is 1.74. The second kappa shape index (κ2) is 3.68. The highest BCUT2D eigenvalue weighted by Gasteiger charge is 2.20. The Balaban J connectivity index is 2.68. The number of nitrogens with zero attached hydrogens (tertiary/aromatic N) is 2. The molecule has 0 aliphatic heterocycles. The lowest BCUT2D eigenvalue weighted by atomic mass is 10.1. The molecule has 0 radical (unpaired) electrons. The molecule has 16 heavy (non-hydrogen) atoms. The fraction of sp³-hybridized carbons (Fsp3) is 0.200. The van der Waals surface area contributed by atoms with Crippen molar-refractivity contribution < 1.29 is 9.21 Å². The van der Waals surface area contributed by atoms with Gasteiger partial charge in [0, 0.05) is 7.05 Å². The summed E-state index contributed by atoms with van der Waals surface area (Å²) in [7, 11) is 1.73. The molecule has 2 aromatic heterocycles. The van der Waals surface area contributed by atoms with E-state index in [0.29, 0.717) is 22.0 Å². The molecule has 0 saturated heterocycles. The minimum Gasteiger partial charge on any atom is -0.455 e. The number of aromatic nitrogens is 2. The highest BCUT2D eigenvalue weighted by Crippen LogP contribution is 2.31. The van der Waals surface area contributed by atoms with Gasteiger partial charge in [0.05, 0.1) is 22.5 Å². The van der Waals surface area contributed by atoms with Crippen molar-refractivity contribution in [2.45, 2.75) is 6.92 Å². The summed E-state index contributed by atoms with van der Waals surface area (Å²) < 4.78 is 6.80. The van der Waals surface area contributed by atoms with E-state index >= 15 is 0 Å². The van der Waals surface area contributed by atoms with E-state index in [-0.39, 0.29) is 5.76 Å². The molecule has 0 spiro atoms. The molecule has 0 atom stereocenters. The Morgan fingerprint density at radius 3 is 2.81 bits per heavy atom. The number of amides is 1. The molecule has 0 bridgehead atoms. The Hall–Kier alpha value is -1.75. The Morgan fingerprint density at radius 1 is 1.62 bits per heavy atom. The Kier molecular flexibility index (Phi) is 2.47. The van der Waals surface area contributed by atoms with Crippen molar-refractivity contribution in [3.63, 3.8) is 0 Å². The van der Waals surface area contributed by atoms with Crippen LogP contribution in [0.15, 0.2) is 16.7 Å². The standard InChI is InChI=1S/C10H10ClN3O2/c1-5-3-6(9(16-5)10(12)15)8-7(11)4-13-14(8)2/h3-4H,1-2H3,(H2,12,15). The van der Waals surface area contributed by atoms with Crippen molar-refractivity contribution in [2.24, 2.45) is 12.8 Å². The van der Waals surface area contributed by atoms with Crippen LogP contribution in [0.5, 0.6) is 0 Å². The van der Waals surface area contributed by atoms with Crippen molar-refractivity contribution in [2.75, 3.05) is 0 Å². The van der Waals surface area contributed by atoms with Crippen molar-refractivity contribution >= 4 is 17.5 Å². The van der Waals surface area contributed by atoms with Gasteiger partial charge in [-0.05, 0) is 13.0 Å². The lowest BCUT2D eigenvalue weighted by Gasteiger charge is -2.00. The maximum atomic E-state index is 11.2. The SMILES string of the molecule is Cc1cc(-c2c(Cl)cnn2C)c(C(N)=O)o1. The molecular weight excluding hydrogens is 230 g/mol. The van der Waals surface area contributed by atoms with Gasteiger partial charge in [-0.25, -0.2) is 0 Å². The predicted molar refractivity (Wildman–Crippen MR) is 59.2 cm³/mol. The monoisotopic (exact) mass is 239 g/mol. The third kappa shape index (κ3) is 1.59.